The van der Waals surface area contributed by atoms with E-state index >= 15 is 0 Å². The van der Waals surface area contributed by atoms with E-state index in [4.69, 9.17) is 14.2 Å². The van der Waals surface area contributed by atoms with Gasteiger partial charge in [0.2, 0.25) is 0 Å². The van der Waals surface area contributed by atoms with Gasteiger partial charge in [0, 0.05) is 17.9 Å². The zero-order valence-electron chi connectivity index (χ0n) is 25.0. The topological polar surface area (TPSA) is 27.7 Å². The van der Waals surface area contributed by atoms with Gasteiger partial charge in [-0.1, -0.05) is 128 Å². The van der Waals surface area contributed by atoms with Gasteiger partial charge in [-0.25, -0.2) is 0 Å². The maximum atomic E-state index is 6.23. The summed E-state index contributed by atoms with van der Waals surface area (Å²) in [5.74, 6) is 0.993. The van der Waals surface area contributed by atoms with E-state index in [1.807, 2.05) is 0 Å². The van der Waals surface area contributed by atoms with Crippen LogP contribution in [0.4, 0.5) is 0 Å². The van der Waals surface area contributed by atoms with Crippen molar-refractivity contribution in [1.29, 1.82) is 0 Å². The van der Waals surface area contributed by atoms with Crippen molar-refractivity contribution in [3.05, 3.63) is 150 Å². The van der Waals surface area contributed by atoms with Gasteiger partial charge in [-0.3, -0.25) is 0 Å². The number of rotatable bonds is 13. The Kier molecular flexibility index (Phi) is 9.32. The van der Waals surface area contributed by atoms with Crippen LogP contribution in [0.15, 0.2) is 133 Å². The quantitative estimate of drug-likeness (QED) is 0.105. The van der Waals surface area contributed by atoms with E-state index in [2.05, 4.69) is 140 Å². The highest BCUT2D eigenvalue weighted by Gasteiger charge is 2.33. The Balaban J connectivity index is 1.18. The summed E-state index contributed by atoms with van der Waals surface area (Å²) in [6, 6.07) is 47.7. The molecular weight excluding hydrogens is 528 g/mol. The first-order valence-corrected chi connectivity index (χ1v) is 15.4. The fourth-order valence-corrected chi connectivity index (χ4v) is 5.71. The Hall–Kier alpha value is -4.18. The maximum Gasteiger partial charge on any atom is 0.119 e. The molecule has 0 amide bonds. The molecule has 43 heavy (non-hydrogen) atoms. The largest absolute Gasteiger partial charge is 0.494 e. The van der Waals surface area contributed by atoms with E-state index in [-0.39, 0.29) is 11.3 Å². The molecule has 1 aliphatic heterocycles. The summed E-state index contributed by atoms with van der Waals surface area (Å²) >= 11 is 0. The first kappa shape index (κ1) is 28.9. The van der Waals surface area contributed by atoms with E-state index in [1.165, 1.54) is 38.9 Å². The molecule has 5 aromatic rings. The SMILES string of the molecule is CC1(COCCCCOc2cccc(C(c3ccc(-c4ccccc4)cc3)c3ccc(-c4ccccc4)cc3)c2)COC1. The Morgan fingerprint density at radius 1 is 0.581 bits per heavy atom. The average Bonchev–Trinajstić information content (AvgIpc) is 3.05. The van der Waals surface area contributed by atoms with Crippen LogP contribution in [0, 0.1) is 5.41 Å². The molecule has 0 aliphatic carbocycles. The molecule has 3 nitrogen and oxygen atoms in total. The lowest BCUT2D eigenvalue weighted by molar-refractivity contribution is -0.138. The van der Waals surface area contributed by atoms with Crippen LogP contribution in [0.2, 0.25) is 0 Å². The highest BCUT2D eigenvalue weighted by atomic mass is 16.5. The molecule has 3 heteroatoms. The molecule has 1 aliphatic rings. The maximum absolute atomic E-state index is 6.23. The lowest BCUT2D eigenvalue weighted by Gasteiger charge is -2.37. The first-order chi connectivity index (χ1) is 21.2. The molecule has 0 radical (unpaired) electrons. The van der Waals surface area contributed by atoms with Crippen molar-refractivity contribution in [3.8, 4) is 28.0 Å². The van der Waals surface area contributed by atoms with E-state index < -0.39 is 0 Å². The van der Waals surface area contributed by atoms with Gasteiger partial charge in [-0.05, 0) is 63.9 Å². The van der Waals surface area contributed by atoms with Gasteiger partial charge in [0.1, 0.15) is 5.75 Å². The molecule has 1 heterocycles. The molecule has 218 valence electrons. The van der Waals surface area contributed by atoms with Crippen LogP contribution in [0.5, 0.6) is 5.75 Å². The predicted molar refractivity (Wildman–Crippen MR) is 176 cm³/mol. The van der Waals surface area contributed by atoms with E-state index in [9.17, 15) is 0 Å². The highest BCUT2D eigenvalue weighted by molar-refractivity contribution is 5.66. The molecule has 0 atom stereocenters. The zero-order valence-corrected chi connectivity index (χ0v) is 25.0. The van der Waals surface area contributed by atoms with Crippen LogP contribution in [-0.4, -0.2) is 33.0 Å². The summed E-state index contributed by atoms with van der Waals surface area (Å²) in [5, 5.41) is 0. The Bertz CT molecular complexity index is 1470. The van der Waals surface area contributed by atoms with Crippen molar-refractivity contribution in [1.82, 2.24) is 0 Å². The summed E-state index contributed by atoms with van der Waals surface area (Å²) in [5.41, 5.74) is 8.83. The van der Waals surface area contributed by atoms with E-state index in [0.29, 0.717) is 6.61 Å². The third-order valence-electron chi connectivity index (χ3n) is 8.20. The van der Waals surface area contributed by atoms with Crippen LogP contribution >= 0.6 is 0 Å². The predicted octanol–water partition coefficient (Wildman–Crippen LogP) is 9.41. The molecule has 6 rings (SSSR count). The molecule has 1 saturated heterocycles. The van der Waals surface area contributed by atoms with Gasteiger partial charge < -0.3 is 14.2 Å². The van der Waals surface area contributed by atoms with Gasteiger partial charge in [-0.15, -0.1) is 0 Å². The van der Waals surface area contributed by atoms with Gasteiger partial charge in [0.15, 0.2) is 0 Å². The number of unbranched alkanes of at least 4 members (excludes halogenated alkanes) is 1. The van der Waals surface area contributed by atoms with Crippen LogP contribution < -0.4 is 4.74 Å². The molecule has 1 fully saturated rings. The molecule has 0 aromatic heterocycles. The molecule has 0 N–H and O–H groups in total. The Morgan fingerprint density at radius 2 is 1.12 bits per heavy atom. The van der Waals surface area contributed by atoms with Crippen molar-refractivity contribution in [3.63, 3.8) is 0 Å². The smallest absolute Gasteiger partial charge is 0.119 e. The lowest BCUT2D eigenvalue weighted by atomic mass is 9.84. The summed E-state index contributed by atoms with van der Waals surface area (Å²) in [4.78, 5) is 0. The van der Waals surface area contributed by atoms with E-state index in [0.717, 1.165) is 45.0 Å². The number of benzene rings is 5. The lowest BCUT2D eigenvalue weighted by Crippen LogP contribution is -2.43. The molecule has 5 aromatic carbocycles. The second kappa shape index (κ2) is 13.9. The zero-order chi connectivity index (χ0) is 29.3. The molecular formula is C40H40O3. The molecule has 0 unspecified atom stereocenters. The third kappa shape index (κ3) is 7.43. The monoisotopic (exact) mass is 568 g/mol. The number of hydrogen-bond donors (Lipinski definition) is 0. The first-order valence-electron chi connectivity index (χ1n) is 15.4. The van der Waals surface area contributed by atoms with Crippen molar-refractivity contribution in [2.24, 2.45) is 5.41 Å². The summed E-state index contributed by atoms with van der Waals surface area (Å²) in [6.07, 6.45) is 1.95. The van der Waals surface area contributed by atoms with Crippen LogP contribution in [0.3, 0.4) is 0 Å². The minimum absolute atomic E-state index is 0.0865. The average molecular weight is 569 g/mol. The summed E-state index contributed by atoms with van der Waals surface area (Å²) in [7, 11) is 0. The Morgan fingerprint density at radius 3 is 1.65 bits per heavy atom. The molecule has 0 bridgehead atoms. The molecule has 0 spiro atoms. The fourth-order valence-electron chi connectivity index (χ4n) is 5.71. The van der Waals surface area contributed by atoms with Crippen molar-refractivity contribution >= 4 is 0 Å². The van der Waals surface area contributed by atoms with Gasteiger partial charge in [0.05, 0.1) is 26.4 Å². The van der Waals surface area contributed by atoms with Crippen LogP contribution in [0.25, 0.3) is 22.3 Å². The highest BCUT2D eigenvalue weighted by Crippen LogP contribution is 2.36. The minimum atomic E-state index is 0.0865. The van der Waals surface area contributed by atoms with Crippen LogP contribution in [0.1, 0.15) is 42.4 Å². The normalized spacial score (nSPS) is 13.9. The van der Waals surface area contributed by atoms with Crippen LogP contribution in [-0.2, 0) is 9.47 Å². The minimum Gasteiger partial charge on any atom is -0.494 e. The number of hydrogen-bond acceptors (Lipinski definition) is 3. The number of ether oxygens (including phenoxy) is 3. The third-order valence-corrected chi connectivity index (χ3v) is 8.20. The standard InChI is InChI=1S/C40H40O3/c1-40(29-42-30-40)28-41-25-8-9-26-43-38-16-10-15-37(27-38)39(35-21-17-33(18-22-35)31-11-4-2-5-12-31)36-23-19-34(20-24-36)32-13-6-3-7-14-32/h2-7,10-24,27,39H,8-9,25-26,28-30H2,1H3. The van der Waals surface area contributed by atoms with Crippen molar-refractivity contribution < 1.29 is 14.2 Å². The fraction of sp³-hybridized carbons (Fsp3) is 0.250. The Labute approximate surface area is 256 Å². The second-order valence-electron chi connectivity index (χ2n) is 11.9. The molecule has 0 saturated carbocycles. The summed E-state index contributed by atoms with van der Waals surface area (Å²) < 4.78 is 17.4. The van der Waals surface area contributed by atoms with Crippen molar-refractivity contribution in [2.75, 3.05) is 33.0 Å². The second-order valence-corrected chi connectivity index (χ2v) is 11.9. The summed E-state index contributed by atoms with van der Waals surface area (Å²) in [6.45, 7) is 6.04. The van der Waals surface area contributed by atoms with Gasteiger partial charge >= 0.3 is 0 Å². The van der Waals surface area contributed by atoms with Gasteiger partial charge in [-0.2, -0.15) is 0 Å². The van der Waals surface area contributed by atoms with Crippen molar-refractivity contribution in [2.45, 2.75) is 25.7 Å². The van der Waals surface area contributed by atoms with E-state index in [1.54, 1.807) is 0 Å². The van der Waals surface area contributed by atoms with Gasteiger partial charge in [0.25, 0.3) is 0 Å².